The number of nitrogens with zero attached hydrogens (tertiary/aromatic N) is 1. The summed E-state index contributed by atoms with van der Waals surface area (Å²) in [5, 5.41) is 3.19. The summed E-state index contributed by atoms with van der Waals surface area (Å²) in [7, 11) is 0. The van der Waals surface area contributed by atoms with Crippen molar-refractivity contribution in [2.24, 2.45) is 0 Å². The van der Waals surface area contributed by atoms with E-state index >= 15 is 0 Å². The van der Waals surface area contributed by atoms with Gasteiger partial charge in [-0.15, -0.1) is 0 Å². The van der Waals surface area contributed by atoms with Crippen LogP contribution in [-0.4, -0.2) is 36.5 Å². The number of hydrogen-bond acceptors (Lipinski definition) is 2. The van der Waals surface area contributed by atoms with Gasteiger partial charge in [0.2, 0.25) is 0 Å². The summed E-state index contributed by atoms with van der Waals surface area (Å²) in [6, 6.07) is 2.22. The number of carbonyl (C=O) groups excluding carboxylic acids is 1. The van der Waals surface area contributed by atoms with Crippen molar-refractivity contribution in [1.29, 1.82) is 0 Å². The largest absolute Gasteiger partial charge is 0.336 e. The molecular weight excluding hydrogens is 238 g/mol. The van der Waals surface area contributed by atoms with E-state index in [1.54, 1.807) is 4.90 Å². The number of hydrogen-bond donors (Lipinski definition) is 1. The highest BCUT2D eigenvalue weighted by Crippen LogP contribution is 2.17. The molecule has 18 heavy (non-hydrogen) atoms. The van der Waals surface area contributed by atoms with Crippen LogP contribution in [0.25, 0.3) is 0 Å². The van der Waals surface area contributed by atoms with Gasteiger partial charge >= 0.3 is 0 Å². The minimum atomic E-state index is -0.662. The second kappa shape index (κ2) is 5.02. The molecule has 0 aliphatic carbocycles. The second-order valence-corrected chi connectivity index (χ2v) is 4.69. The topological polar surface area (TPSA) is 32.3 Å². The van der Waals surface area contributed by atoms with Gasteiger partial charge in [-0.2, -0.15) is 0 Å². The summed E-state index contributed by atoms with van der Waals surface area (Å²) in [6.45, 7) is 5.11. The zero-order chi connectivity index (χ0) is 13.3. The third-order valence-corrected chi connectivity index (χ3v) is 3.13. The smallest absolute Gasteiger partial charge is 0.257 e. The van der Waals surface area contributed by atoms with Crippen LogP contribution in [0, 0.1) is 18.6 Å². The van der Waals surface area contributed by atoms with Gasteiger partial charge in [0.05, 0.1) is 5.56 Å². The summed E-state index contributed by atoms with van der Waals surface area (Å²) in [5.41, 5.74) is 0.0185. The van der Waals surface area contributed by atoms with Gasteiger partial charge in [-0.25, -0.2) is 8.78 Å². The average Bonchev–Trinajstić information content (AvgIpc) is 2.33. The molecule has 3 nitrogen and oxygen atoms in total. The molecular formula is C13H16F2N2O. The number of carbonyl (C=O) groups is 1. The van der Waals surface area contributed by atoms with E-state index in [1.807, 2.05) is 6.92 Å². The Bertz CT molecular complexity index is 476. The van der Waals surface area contributed by atoms with Crippen LogP contribution < -0.4 is 5.32 Å². The van der Waals surface area contributed by atoms with Crippen molar-refractivity contribution in [3.05, 3.63) is 34.9 Å². The lowest BCUT2D eigenvalue weighted by Gasteiger charge is -2.32. The van der Waals surface area contributed by atoms with Gasteiger partial charge in [0.15, 0.2) is 0 Å². The molecule has 1 aliphatic heterocycles. The maximum Gasteiger partial charge on any atom is 0.257 e. The second-order valence-electron chi connectivity index (χ2n) is 4.69. The lowest BCUT2D eigenvalue weighted by atomic mass is 10.1. The molecule has 1 N–H and O–H groups in total. The normalized spacial score (nSPS) is 20.0. The first-order valence-corrected chi connectivity index (χ1v) is 5.97. The van der Waals surface area contributed by atoms with Gasteiger partial charge in [0, 0.05) is 25.7 Å². The number of halogens is 2. The lowest BCUT2D eigenvalue weighted by molar-refractivity contribution is 0.0704. The SMILES string of the molecule is Cc1cc(F)c(C(=O)N2CCNC(C)C2)cc1F. The Labute approximate surface area is 105 Å². The van der Waals surface area contributed by atoms with E-state index in [1.165, 1.54) is 6.92 Å². The standard InChI is InChI=1S/C13H16F2N2O/c1-8-5-12(15)10(6-11(8)14)13(18)17-4-3-16-9(2)7-17/h5-6,9,16H,3-4,7H2,1-2H3. The minimum absolute atomic E-state index is 0.168. The first-order valence-electron chi connectivity index (χ1n) is 5.97. The predicted molar refractivity (Wildman–Crippen MR) is 64.5 cm³/mol. The van der Waals surface area contributed by atoms with Crippen molar-refractivity contribution in [3.8, 4) is 0 Å². The Balaban J connectivity index is 2.25. The van der Waals surface area contributed by atoms with E-state index in [0.29, 0.717) is 19.6 Å². The zero-order valence-electron chi connectivity index (χ0n) is 10.5. The predicted octanol–water partition coefficient (Wildman–Crippen LogP) is 1.71. The summed E-state index contributed by atoms with van der Waals surface area (Å²) in [6.07, 6.45) is 0. The quantitative estimate of drug-likeness (QED) is 0.827. The Hall–Kier alpha value is -1.49. The van der Waals surface area contributed by atoms with Crippen LogP contribution in [0.3, 0.4) is 0 Å². The van der Waals surface area contributed by atoms with E-state index in [0.717, 1.165) is 12.1 Å². The molecule has 1 aromatic rings. The monoisotopic (exact) mass is 254 g/mol. The highest BCUT2D eigenvalue weighted by Gasteiger charge is 2.24. The fourth-order valence-corrected chi connectivity index (χ4v) is 2.10. The van der Waals surface area contributed by atoms with Crippen molar-refractivity contribution in [1.82, 2.24) is 10.2 Å². The number of aryl methyl sites for hydroxylation is 1. The Morgan fingerprint density at radius 3 is 2.78 bits per heavy atom. The molecule has 5 heteroatoms. The van der Waals surface area contributed by atoms with Gasteiger partial charge in [-0.1, -0.05) is 0 Å². The van der Waals surface area contributed by atoms with E-state index in [-0.39, 0.29) is 17.2 Å². The molecule has 0 saturated carbocycles. The van der Waals surface area contributed by atoms with Crippen molar-refractivity contribution < 1.29 is 13.6 Å². The third kappa shape index (κ3) is 2.51. The fraction of sp³-hybridized carbons (Fsp3) is 0.462. The van der Waals surface area contributed by atoms with Crippen molar-refractivity contribution in [2.45, 2.75) is 19.9 Å². The van der Waals surface area contributed by atoms with Crippen molar-refractivity contribution in [2.75, 3.05) is 19.6 Å². The first kappa shape index (κ1) is 13.0. The van der Waals surface area contributed by atoms with Crippen LogP contribution in [-0.2, 0) is 0 Å². The summed E-state index contributed by atoms with van der Waals surface area (Å²) >= 11 is 0. The highest BCUT2D eigenvalue weighted by atomic mass is 19.1. The molecule has 1 atom stereocenters. The van der Waals surface area contributed by atoms with Crippen LogP contribution in [0.2, 0.25) is 0 Å². The number of rotatable bonds is 1. The van der Waals surface area contributed by atoms with Gasteiger partial charge in [0.25, 0.3) is 5.91 Å². The third-order valence-electron chi connectivity index (χ3n) is 3.13. The first-order chi connectivity index (χ1) is 8.49. The molecule has 1 amide bonds. The van der Waals surface area contributed by atoms with Crippen LogP contribution >= 0.6 is 0 Å². The Morgan fingerprint density at radius 2 is 2.11 bits per heavy atom. The van der Waals surface area contributed by atoms with Crippen molar-refractivity contribution in [3.63, 3.8) is 0 Å². The van der Waals surface area contributed by atoms with Crippen LogP contribution in [0.15, 0.2) is 12.1 Å². The highest BCUT2D eigenvalue weighted by molar-refractivity contribution is 5.94. The summed E-state index contributed by atoms with van der Waals surface area (Å²) in [4.78, 5) is 13.7. The van der Waals surface area contributed by atoms with Gasteiger partial charge in [-0.05, 0) is 31.5 Å². The van der Waals surface area contributed by atoms with Crippen LogP contribution in [0.5, 0.6) is 0 Å². The molecule has 1 aliphatic rings. The molecule has 0 bridgehead atoms. The summed E-state index contributed by atoms with van der Waals surface area (Å²) in [5.74, 6) is -1.66. The maximum absolute atomic E-state index is 13.7. The van der Waals surface area contributed by atoms with Gasteiger partial charge < -0.3 is 10.2 Å². The molecule has 1 unspecified atom stereocenters. The van der Waals surface area contributed by atoms with Crippen LogP contribution in [0.1, 0.15) is 22.8 Å². The minimum Gasteiger partial charge on any atom is -0.336 e. The molecule has 98 valence electrons. The van der Waals surface area contributed by atoms with E-state index in [9.17, 15) is 13.6 Å². The maximum atomic E-state index is 13.7. The number of amides is 1. The molecule has 0 spiro atoms. The molecule has 2 rings (SSSR count). The van der Waals surface area contributed by atoms with E-state index < -0.39 is 17.5 Å². The molecule has 1 saturated heterocycles. The molecule has 1 aromatic carbocycles. The molecule has 1 fully saturated rings. The summed E-state index contributed by atoms with van der Waals surface area (Å²) < 4.78 is 27.1. The number of nitrogens with one attached hydrogen (secondary N) is 1. The lowest BCUT2D eigenvalue weighted by Crippen LogP contribution is -2.51. The van der Waals surface area contributed by atoms with E-state index in [4.69, 9.17) is 0 Å². The molecule has 1 heterocycles. The average molecular weight is 254 g/mol. The molecule has 0 radical (unpaired) electrons. The van der Waals surface area contributed by atoms with Gasteiger partial charge in [-0.3, -0.25) is 4.79 Å². The van der Waals surface area contributed by atoms with Crippen LogP contribution in [0.4, 0.5) is 8.78 Å². The van der Waals surface area contributed by atoms with E-state index in [2.05, 4.69) is 5.32 Å². The van der Waals surface area contributed by atoms with Crippen molar-refractivity contribution >= 4 is 5.91 Å². The Kier molecular flexibility index (Phi) is 3.61. The number of piperazine rings is 1. The number of benzene rings is 1. The molecule has 0 aromatic heterocycles. The zero-order valence-corrected chi connectivity index (χ0v) is 10.5. The fourth-order valence-electron chi connectivity index (χ4n) is 2.10. The Morgan fingerprint density at radius 1 is 1.39 bits per heavy atom. The van der Waals surface area contributed by atoms with Gasteiger partial charge in [0.1, 0.15) is 11.6 Å².